The molecular formula is C19H30FN3O3S. The fourth-order valence-corrected chi connectivity index (χ4v) is 4.46. The Morgan fingerprint density at radius 2 is 1.81 bits per heavy atom. The van der Waals surface area contributed by atoms with E-state index < -0.39 is 15.8 Å². The molecule has 1 heterocycles. The molecule has 0 bridgehead atoms. The van der Waals surface area contributed by atoms with Gasteiger partial charge in [0.2, 0.25) is 15.9 Å². The van der Waals surface area contributed by atoms with Crippen LogP contribution in [0.25, 0.3) is 0 Å². The number of hydrogen-bond donors (Lipinski definition) is 1. The Morgan fingerprint density at radius 3 is 2.41 bits per heavy atom. The number of carbonyl (C=O) groups excluding carboxylic acids is 1. The monoisotopic (exact) mass is 399 g/mol. The van der Waals surface area contributed by atoms with E-state index in [0.29, 0.717) is 32.6 Å². The molecule has 1 saturated heterocycles. The van der Waals surface area contributed by atoms with Crippen LogP contribution in [-0.4, -0.2) is 61.3 Å². The molecule has 0 aromatic heterocycles. The molecule has 1 unspecified atom stereocenters. The number of sulfonamides is 1. The lowest BCUT2D eigenvalue weighted by Gasteiger charge is -2.31. The van der Waals surface area contributed by atoms with Crippen molar-refractivity contribution in [1.29, 1.82) is 0 Å². The van der Waals surface area contributed by atoms with E-state index in [9.17, 15) is 17.6 Å². The van der Waals surface area contributed by atoms with Crippen LogP contribution in [0.5, 0.6) is 0 Å². The van der Waals surface area contributed by atoms with Gasteiger partial charge in [0.1, 0.15) is 5.82 Å². The largest absolute Gasteiger partial charge is 0.350 e. The molecule has 0 spiro atoms. The average Bonchev–Trinajstić information content (AvgIpc) is 2.87. The molecule has 2 rings (SSSR count). The summed E-state index contributed by atoms with van der Waals surface area (Å²) in [6, 6.07) is 4.55. The molecule has 1 fully saturated rings. The lowest BCUT2D eigenvalue weighted by molar-refractivity contribution is -0.127. The number of hydrogen-bond acceptors (Lipinski definition) is 4. The number of nitrogens with one attached hydrogen (secondary N) is 1. The third-order valence-electron chi connectivity index (χ3n) is 5.21. The molecule has 1 N–H and O–H groups in total. The third-order valence-corrected chi connectivity index (χ3v) is 7.13. The lowest BCUT2D eigenvalue weighted by Crippen LogP contribution is -2.52. The molecule has 1 aliphatic heterocycles. The Labute approximate surface area is 161 Å². The second-order valence-corrected chi connectivity index (χ2v) is 9.59. The maximum atomic E-state index is 13.1. The van der Waals surface area contributed by atoms with E-state index in [1.807, 2.05) is 32.6 Å². The van der Waals surface area contributed by atoms with Gasteiger partial charge in [-0.3, -0.25) is 9.69 Å². The van der Waals surface area contributed by atoms with Gasteiger partial charge in [-0.15, -0.1) is 0 Å². The standard InChI is InChI=1S/C19H30FN3O3S/c1-5-19(3,4)21-18(24)15(2)22-11-6-12-23(14-13-22)27(25,26)17-9-7-16(20)8-10-17/h7-10,15H,5-6,11-14H2,1-4H3,(H,21,24). The van der Waals surface area contributed by atoms with Gasteiger partial charge in [-0.2, -0.15) is 4.31 Å². The lowest BCUT2D eigenvalue weighted by atomic mass is 10.0. The van der Waals surface area contributed by atoms with E-state index in [1.165, 1.54) is 16.4 Å². The van der Waals surface area contributed by atoms with E-state index in [1.54, 1.807) is 0 Å². The highest BCUT2D eigenvalue weighted by molar-refractivity contribution is 7.89. The summed E-state index contributed by atoms with van der Waals surface area (Å²) in [7, 11) is -3.66. The van der Waals surface area contributed by atoms with Gasteiger partial charge in [0, 0.05) is 31.7 Å². The normalized spacial score (nSPS) is 18.7. The predicted octanol–water partition coefficient (Wildman–Crippen LogP) is 2.22. The quantitative estimate of drug-likeness (QED) is 0.796. The molecule has 27 heavy (non-hydrogen) atoms. The van der Waals surface area contributed by atoms with Crippen LogP contribution < -0.4 is 5.32 Å². The van der Waals surface area contributed by atoms with Gasteiger partial charge in [0.25, 0.3) is 0 Å². The Kier molecular flexibility index (Phi) is 6.99. The van der Waals surface area contributed by atoms with Crippen molar-refractivity contribution in [3.63, 3.8) is 0 Å². The zero-order chi connectivity index (χ0) is 20.2. The van der Waals surface area contributed by atoms with Crippen LogP contribution in [0, 0.1) is 5.82 Å². The molecule has 1 aliphatic rings. The van der Waals surface area contributed by atoms with Gasteiger partial charge in [-0.05, 0) is 57.9 Å². The van der Waals surface area contributed by atoms with Gasteiger partial charge in [-0.25, -0.2) is 12.8 Å². The summed E-state index contributed by atoms with van der Waals surface area (Å²) in [5, 5.41) is 3.05. The van der Waals surface area contributed by atoms with Crippen LogP contribution in [0.4, 0.5) is 4.39 Å². The van der Waals surface area contributed by atoms with Crippen LogP contribution in [0.1, 0.15) is 40.5 Å². The molecule has 1 aromatic rings. The summed E-state index contributed by atoms with van der Waals surface area (Å²) >= 11 is 0. The molecule has 1 aromatic carbocycles. The van der Waals surface area contributed by atoms with Crippen molar-refractivity contribution in [1.82, 2.24) is 14.5 Å². The summed E-state index contributed by atoms with van der Waals surface area (Å²) in [6.45, 7) is 9.64. The van der Waals surface area contributed by atoms with Crippen molar-refractivity contribution in [2.24, 2.45) is 0 Å². The van der Waals surface area contributed by atoms with Gasteiger partial charge in [0.15, 0.2) is 0 Å². The number of nitrogens with zero attached hydrogens (tertiary/aromatic N) is 2. The van der Waals surface area contributed by atoms with Crippen molar-refractivity contribution < 1.29 is 17.6 Å². The van der Waals surface area contributed by atoms with E-state index in [2.05, 4.69) is 5.32 Å². The maximum absolute atomic E-state index is 13.1. The molecule has 152 valence electrons. The first-order valence-electron chi connectivity index (χ1n) is 9.38. The highest BCUT2D eigenvalue weighted by atomic mass is 32.2. The Balaban J connectivity index is 2.04. The maximum Gasteiger partial charge on any atom is 0.243 e. The van der Waals surface area contributed by atoms with Crippen molar-refractivity contribution in [3.05, 3.63) is 30.1 Å². The number of carbonyl (C=O) groups is 1. The van der Waals surface area contributed by atoms with E-state index in [-0.39, 0.29) is 22.4 Å². The second kappa shape index (κ2) is 8.67. The van der Waals surface area contributed by atoms with Crippen LogP contribution in [-0.2, 0) is 14.8 Å². The Hall–Kier alpha value is -1.51. The smallest absolute Gasteiger partial charge is 0.243 e. The van der Waals surface area contributed by atoms with Crippen molar-refractivity contribution in [2.75, 3.05) is 26.2 Å². The molecule has 0 radical (unpaired) electrons. The number of benzene rings is 1. The van der Waals surface area contributed by atoms with E-state index in [4.69, 9.17) is 0 Å². The fraction of sp³-hybridized carbons (Fsp3) is 0.632. The van der Waals surface area contributed by atoms with Crippen LogP contribution in [0.3, 0.4) is 0 Å². The summed E-state index contributed by atoms with van der Waals surface area (Å²) in [5.74, 6) is -0.512. The molecule has 8 heteroatoms. The van der Waals surface area contributed by atoms with Crippen LogP contribution in [0.15, 0.2) is 29.2 Å². The summed E-state index contributed by atoms with van der Waals surface area (Å²) in [6.07, 6.45) is 1.46. The molecule has 1 atom stereocenters. The summed E-state index contributed by atoms with van der Waals surface area (Å²) < 4.78 is 40.1. The van der Waals surface area contributed by atoms with Crippen molar-refractivity contribution in [2.45, 2.75) is 57.0 Å². The number of amides is 1. The summed E-state index contributed by atoms with van der Waals surface area (Å²) in [4.78, 5) is 14.6. The highest BCUT2D eigenvalue weighted by Crippen LogP contribution is 2.19. The van der Waals surface area contributed by atoms with E-state index >= 15 is 0 Å². The van der Waals surface area contributed by atoms with Crippen LogP contribution >= 0.6 is 0 Å². The zero-order valence-corrected chi connectivity index (χ0v) is 17.4. The van der Waals surface area contributed by atoms with Gasteiger partial charge in [0.05, 0.1) is 10.9 Å². The molecule has 6 nitrogen and oxygen atoms in total. The van der Waals surface area contributed by atoms with Crippen molar-refractivity contribution >= 4 is 15.9 Å². The first-order chi connectivity index (χ1) is 12.6. The van der Waals surface area contributed by atoms with E-state index in [0.717, 1.165) is 18.6 Å². The zero-order valence-electron chi connectivity index (χ0n) is 16.5. The van der Waals surface area contributed by atoms with Gasteiger partial charge < -0.3 is 5.32 Å². The first kappa shape index (κ1) is 21.8. The SMILES string of the molecule is CCC(C)(C)NC(=O)C(C)N1CCCN(S(=O)(=O)c2ccc(F)cc2)CC1. The molecule has 1 amide bonds. The minimum Gasteiger partial charge on any atom is -0.350 e. The molecule has 0 saturated carbocycles. The number of rotatable bonds is 6. The van der Waals surface area contributed by atoms with Crippen molar-refractivity contribution in [3.8, 4) is 0 Å². The van der Waals surface area contributed by atoms with Gasteiger partial charge >= 0.3 is 0 Å². The number of halogens is 1. The molecule has 0 aliphatic carbocycles. The third kappa shape index (κ3) is 5.49. The topological polar surface area (TPSA) is 69.7 Å². The predicted molar refractivity (Wildman–Crippen MR) is 103 cm³/mol. The summed E-state index contributed by atoms with van der Waals surface area (Å²) in [5.41, 5.74) is -0.269. The second-order valence-electron chi connectivity index (χ2n) is 7.65. The van der Waals surface area contributed by atoms with Gasteiger partial charge in [-0.1, -0.05) is 6.92 Å². The average molecular weight is 400 g/mol. The highest BCUT2D eigenvalue weighted by Gasteiger charge is 2.31. The fourth-order valence-electron chi connectivity index (χ4n) is 2.99. The Bertz CT molecular complexity index is 750. The minimum absolute atomic E-state index is 0.0447. The van der Waals surface area contributed by atoms with Crippen LogP contribution in [0.2, 0.25) is 0 Å². The minimum atomic E-state index is -3.66. The molecular weight excluding hydrogens is 369 g/mol. The first-order valence-corrected chi connectivity index (χ1v) is 10.8. The Morgan fingerprint density at radius 1 is 1.19 bits per heavy atom.